The van der Waals surface area contributed by atoms with E-state index in [1.165, 1.54) is 0 Å². The highest BCUT2D eigenvalue weighted by atomic mass is 35.5. The number of carbonyl (C=O) groups excluding carboxylic acids is 2. The van der Waals surface area contributed by atoms with Crippen molar-refractivity contribution in [3.63, 3.8) is 0 Å². The molecule has 1 fully saturated rings. The Morgan fingerprint density at radius 2 is 2.05 bits per heavy atom. The van der Waals surface area contributed by atoms with E-state index in [-0.39, 0.29) is 41.0 Å². The number of benzene rings is 1. The first-order valence-electron chi connectivity index (χ1n) is 12.4. The zero-order valence-corrected chi connectivity index (χ0v) is 21.8. The lowest BCUT2D eigenvalue weighted by molar-refractivity contribution is -0.676. The van der Waals surface area contributed by atoms with Crippen LogP contribution in [0.3, 0.4) is 0 Å². The minimum atomic E-state index is -0.499. The summed E-state index contributed by atoms with van der Waals surface area (Å²) in [5.74, 6) is 0.997. The van der Waals surface area contributed by atoms with Gasteiger partial charge in [0.15, 0.2) is 33.5 Å². The topological polar surface area (TPSA) is 166 Å². The molecule has 1 atom stereocenters. The van der Waals surface area contributed by atoms with Crippen LogP contribution in [0.4, 0.5) is 11.6 Å². The van der Waals surface area contributed by atoms with Gasteiger partial charge < -0.3 is 32.2 Å². The third-order valence-electron chi connectivity index (χ3n) is 6.36. The number of carbonyl (C=O) groups is 2. The average molecular weight is 531 g/mol. The molecule has 1 aliphatic rings. The molecule has 3 heterocycles. The molecule has 2 aromatic heterocycles. The number of anilines is 2. The number of halogens is 1. The van der Waals surface area contributed by atoms with E-state index >= 15 is 0 Å². The first-order valence-corrected chi connectivity index (χ1v) is 12.8. The smallest absolute Gasteiger partial charge is 0.277 e. The van der Waals surface area contributed by atoms with E-state index < -0.39 is 5.91 Å². The molecule has 1 aromatic carbocycles. The molecule has 1 saturated heterocycles. The van der Waals surface area contributed by atoms with Crippen LogP contribution in [0, 0.1) is 0 Å². The van der Waals surface area contributed by atoms with Gasteiger partial charge in [-0.25, -0.2) is 19.1 Å². The van der Waals surface area contributed by atoms with Crippen molar-refractivity contribution in [1.29, 1.82) is 0 Å². The predicted octanol–water partition coefficient (Wildman–Crippen LogP) is 0.753. The lowest BCUT2D eigenvalue weighted by Crippen LogP contribution is -2.41. The Bertz CT molecular complexity index is 1300. The maximum absolute atomic E-state index is 12.8. The Morgan fingerprint density at radius 3 is 2.76 bits per heavy atom. The Hall–Kier alpha value is -3.64. The average Bonchev–Trinajstić information content (AvgIpc) is 3.53. The maximum Gasteiger partial charge on any atom is 0.277 e. The molecule has 3 aromatic rings. The number of amides is 2. The predicted molar refractivity (Wildman–Crippen MR) is 140 cm³/mol. The van der Waals surface area contributed by atoms with Crippen LogP contribution in [0.15, 0.2) is 18.2 Å². The van der Waals surface area contributed by atoms with Gasteiger partial charge in [-0.05, 0) is 45.4 Å². The number of fused-ring (bicyclic) bond motifs is 1. The molecule has 0 aliphatic carbocycles. The van der Waals surface area contributed by atoms with Gasteiger partial charge in [-0.15, -0.1) is 0 Å². The van der Waals surface area contributed by atoms with E-state index in [0.717, 1.165) is 36.2 Å². The molecule has 198 valence electrons. The first-order chi connectivity index (χ1) is 17.8. The Morgan fingerprint density at radius 1 is 1.24 bits per heavy atom. The van der Waals surface area contributed by atoms with Gasteiger partial charge in [-0.3, -0.25) is 9.59 Å². The van der Waals surface area contributed by atoms with Crippen LogP contribution in [-0.2, 0) is 24.4 Å². The van der Waals surface area contributed by atoms with Crippen molar-refractivity contribution in [2.75, 3.05) is 31.2 Å². The van der Waals surface area contributed by atoms with Crippen LogP contribution in [-0.4, -0.2) is 52.1 Å². The molecule has 4 rings (SSSR count). The van der Waals surface area contributed by atoms with Crippen LogP contribution in [0.5, 0.6) is 5.75 Å². The Labute approximate surface area is 219 Å². The fourth-order valence-corrected chi connectivity index (χ4v) is 4.71. The zero-order chi connectivity index (χ0) is 26.5. The van der Waals surface area contributed by atoms with E-state index in [1.807, 2.05) is 32.0 Å². The van der Waals surface area contributed by atoms with Crippen molar-refractivity contribution in [3.05, 3.63) is 34.9 Å². The van der Waals surface area contributed by atoms with Gasteiger partial charge in [0.1, 0.15) is 18.9 Å². The molecule has 1 unspecified atom stereocenters. The number of hydrogen-bond acceptors (Lipinski definition) is 8. The molecule has 0 saturated carbocycles. The van der Waals surface area contributed by atoms with E-state index in [4.69, 9.17) is 27.8 Å². The third kappa shape index (κ3) is 5.70. The molecule has 0 radical (unpaired) electrons. The van der Waals surface area contributed by atoms with Crippen LogP contribution < -0.4 is 36.7 Å². The Balaban J connectivity index is 1.46. The number of nitrogens with zero attached hydrogens (tertiary/aromatic N) is 4. The lowest BCUT2D eigenvalue weighted by Gasteiger charge is -2.11. The molecular formula is C24H33ClN9O3+. The Kier molecular flexibility index (Phi) is 8.29. The number of aromatic nitrogens is 4. The highest BCUT2D eigenvalue weighted by Gasteiger charge is 2.26. The molecular weight excluding hydrogens is 498 g/mol. The van der Waals surface area contributed by atoms with Gasteiger partial charge in [0, 0.05) is 6.07 Å². The van der Waals surface area contributed by atoms with E-state index in [9.17, 15) is 9.59 Å². The summed E-state index contributed by atoms with van der Waals surface area (Å²) in [4.78, 5) is 32.8. The monoisotopic (exact) mass is 530 g/mol. The molecule has 0 spiro atoms. The number of hydrogen-bond donors (Lipinski definition) is 5. The van der Waals surface area contributed by atoms with Crippen LogP contribution in [0.2, 0.25) is 5.15 Å². The maximum atomic E-state index is 12.8. The van der Waals surface area contributed by atoms with Crippen molar-refractivity contribution >= 4 is 46.1 Å². The summed E-state index contributed by atoms with van der Waals surface area (Å²) in [6, 6.07) is 5.77. The van der Waals surface area contributed by atoms with Crippen LogP contribution in [0.1, 0.15) is 43.0 Å². The van der Waals surface area contributed by atoms with Crippen LogP contribution >= 0.6 is 11.6 Å². The highest BCUT2D eigenvalue weighted by molar-refractivity contribution is 6.31. The van der Waals surface area contributed by atoms with Crippen molar-refractivity contribution in [2.24, 2.45) is 0 Å². The minimum Gasteiger partial charge on any atom is -0.492 e. The number of nitrogens with two attached hydrogens (primary N) is 2. The van der Waals surface area contributed by atoms with Gasteiger partial charge in [-0.2, -0.15) is 0 Å². The molecule has 12 nitrogen and oxygen atoms in total. The van der Waals surface area contributed by atoms with Crippen LogP contribution in [0.25, 0.3) is 11.0 Å². The standard InChI is InChI=1S/C24H32ClN9O3/c1-3-33-16-8-7-14(37-11-10-29-23(35)15-6-5-9-28-15)12-17(16)34(4-2)18(33)13-30-24(36)19-21(26)32-22(27)20(25)31-19/h7-8,12,15,28H,3-6,9-11,13H2,1-2H3,(H5-,26,27,29,30,32,35,36)/p+1. The summed E-state index contributed by atoms with van der Waals surface area (Å²) in [6.45, 7) is 7.36. The number of imidazole rings is 1. The fourth-order valence-electron chi connectivity index (χ4n) is 4.58. The second kappa shape index (κ2) is 11.6. The zero-order valence-electron chi connectivity index (χ0n) is 21.0. The quantitative estimate of drug-likeness (QED) is 0.189. The summed E-state index contributed by atoms with van der Waals surface area (Å²) in [5, 5.41) is 8.89. The molecule has 13 heteroatoms. The van der Waals surface area contributed by atoms with Crippen molar-refractivity contribution < 1.29 is 18.9 Å². The normalized spacial score (nSPS) is 15.2. The third-order valence-corrected chi connectivity index (χ3v) is 6.64. The summed E-state index contributed by atoms with van der Waals surface area (Å²) in [5.41, 5.74) is 13.3. The summed E-state index contributed by atoms with van der Waals surface area (Å²) >= 11 is 5.92. The van der Waals surface area contributed by atoms with Gasteiger partial charge in [0.05, 0.1) is 25.7 Å². The van der Waals surface area contributed by atoms with Crippen molar-refractivity contribution in [2.45, 2.75) is 52.4 Å². The summed E-state index contributed by atoms with van der Waals surface area (Å²) < 4.78 is 10.2. The first kappa shape index (κ1) is 26.4. The second-order valence-corrected chi connectivity index (χ2v) is 9.02. The van der Waals surface area contributed by atoms with Gasteiger partial charge in [0.2, 0.25) is 5.91 Å². The largest absolute Gasteiger partial charge is 0.492 e. The van der Waals surface area contributed by atoms with Gasteiger partial charge in [0.25, 0.3) is 11.7 Å². The molecule has 2 amide bonds. The number of nitrogens with one attached hydrogen (secondary N) is 3. The van der Waals surface area contributed by atoms with Crippen molar-refractivity contribution in [3.8, 4) is 5.75 Å². The number of rotatable bonds is 10. The summed E-state index contributed by atoms with van der Waals surface area (Å²) in [6.07, 6.45) is 1.89. The molecule has 7 N–H and O–H groups in total. The van der Waals surface area contributed by atoms with E-state index in [2.05, 4.69) is 35.1 Å². The van der Waals surface area contributed by atoms with Gasteiger partial charge >= 0.3 is 0 Å². The molecule has 37 heavy (non-hydrogen) atoms. The fraction of sp³-hybridized carbons (Fsp3) is 0.458. The van der Waals surface area contributed by atoms with Gasteiger partial charge in [-0.1, -0.05) is 11.6 Å². The van der Waals surface area contributed by atoms with E-state index in [1.54, 1.807) is 0 Å². The highest BCUT2D eigenvalue weighted by Crippen LogP contribution is 2.22. The minimum absolute atomic E-state index is 0.0149. The van der Waals surface area contributed by atoms with Crippen molar-refractivity contribution in [1.82, 2.24) is 30.5 Å². The number of nitrogen functional groups attached to an aromatic ring is 2. The number of aryl methyl sites for hydroxylation is 2. The number of ether oxygens (including phenoxy) is 1. The summed E-state index contributed by atoms with van der Waals surface area (Å²) in [7, 11) is 0. The molecule has 0 bridgehead atoms. The lowest BCUT2D eigenvalue weighted by atomic mass is 10.2. The molecule has 1 aliphatic heterocycles. The SMILES string of the molecule is CCn1c(CNC(=O)c2nc(Cl)c(N)nc2N)[n+](CC)c2ccc(OCCNC(=O)C3CCCN3)cc21. The second-order valence-electron chi connectivity index (χ2n) is 8.66. The van der Waals surface area contributed by atoms with E-state index in [0.29, 0.717) is 32.0 Å².